The van der Waals surface area contributed by atoms with Crippen molar-refractivity contribution in [3.05, 3.63) is 28.3 Å². The third-order valence-corrected chi connectivity index (χ3v) is 3.85. The van der Waals surface area contributed by atoms with E-state index in [1.165, 1.54) is 18.2 Å². The van der Waals surface area contributed by atoms with Gasteiger partial charge in [-0.15, -0.1) is 0 Å². The fourth-order valence-corrected chi connectivity index (χ4v) is 2.91. The highest BCUT2D eigenvalue weighted by molar-refractivity contribution is 7.89. The minimum atomic E-state index is -3.99. The molecule has 1 aromatic carbocycles. The summed E-state index contributed by atoms with van der Waals surface area (Å²) in [5.41, 5.74) is 1.21. The summed E-state index contributed by atoms with van der Waals surface area (Å²) in [5, 5.41) is 11.1. The van der Waals surface area contributed by atoms with E-state index in [-0.39, 0.29) is 17.6 Å². The van der Waals surface area contributed by atoms with Gasteiger partial charge < -0.3 is 5.43 Å². The van der Waals surface area contributed by atoms with E-state index in [9.17, 15) is 18.5 Å². The number of hydrogen-bond donors (Lipinski definition) is 3. The smallest absolute Gasteiger partial charge is 0.313 e. The van der Waals surface area contributed by atoms with Gasteiger partial charge in [0.2, 0.25) is 10.0 Å². The first-order valence-corrected chi connectivity index (χ1v) is 7.30. The second-order valence-corrected chi connectivity index (χ2v) is 7.17. The quantitative estimate of drug-likeness (QED) is 0.426. The maximum Gasteiger partial charge on any atom is 0.313 e. The highest BCUT2D eigenvalue weighted by Gasteiger charge is 2.29. The van der Waals surface area contributed by atoms with Crippen molar-refractivity contribution in [2.75, 3.05) is 12.0 Å². The first-order chi connectivity index (χ1) is 9.08. The minimum absolute atomic E-state index is 0.0615. The van der Waals surface area contributed by atoms with Gasteiger partial charge in [0.25, 0.3) is 0 Å². The maximum atomic E-state index is 12.2. The Morgan fingerprint density at radius 3 is 2.40 bits per heavy atom. The van der Waals surface area contributed by atoms with Gasteiger partial charge in [0.05, 0.1) is 4.92 Å². The third-order valence-electron chi connectivity index (χ3n) is 2.42. The summed E-state index contributed by atoms with van der Waals surface area (Å²) in [6.07, 6.45) is 0. The van der Waals surface area contributed by atoms with Crippen molar-refractivity contribution in [2.24, 2.45) is 11.3 Å². The van der Waals surface area contributed by atoms with Crippen molar-refractivity contribution in [3.63, 3.8) is 0 Å². The molecule has 0 aliphatic carbocycles. The molecule has 8 nitrogen and oxygen atoms in total. The number of sulfonamides is 1. The molecule has 0 spiro atoms. The molecular formula is C11H18N4O4S. The first-order valence-electron chi connectivity index (χ1n) is 5.82. The number of para-hydroxylation sites is 1. The molecule has 0 unspecified atom stereocenters. The topological polar surface area (TPSA) is 127 Å². The zero-order valence-corrected chi connectivity index (χ0v) is 12.3. The number of nitrogens with zero attached hydrogens (tertiary/aromatic N) is 1. The van der Waals surface area contributed by atoms with E-state index in [0.717, 1.165) is 0 Å². The Morgan fingerprint density at radius 2 is 1.95 bits per heavy atom. The molecule has 1 aromatic rings. The number of hydrogen-bond acceptors (Lipinski definition) is 6. The van der Waals surface area contributed by atoms with Crippen LogP contribution >= 0.6 is 0 Å². The zero-order valence-electron chi connectivity index (χ0n) is 11.5. The van der Waals surface area contributed by atoms with E-state index in [1.807, 2.05) is 20.8 Å². The van der Waals surface area contributed by atoms with E-state index in [2.05, 4.69) is 10.1 Å². The van der Waals surface area contributed by atoms with Crippen LogP contribution < -0.4 is 16.0 Å². The van der Waals surface area contributed by atoms with E-state index >= 15 is 0 Å². The van der Waals surface area contributed by atoms with Crippen LogP contribution in [0.2, 0.25) is 0 Å². The van der Waals surface area contributed by atoms with Crippen molar-refractivity contribution in [3.8, 4) is 0 Å². The number of nitrogen functional groups attached to an aromatic ring is 1. The number of anilines is 1. The standard InChI is InChI=1S/C11H18N4O4S/c1-11(2,3)7-13-20(18,19)9-6-4-5-8(14-12)10(9)15(16)17/h4-6,13-14H,7,12H2,1-3H3. The van der Waals surface area contributed by atoms with Gasteiger partial charge in [0.15, 0.2) is 4.90 Å². The van der Waals surface area contributed by atoms with Gasteiger partial charge in [-0.3, -0.25) is 16.0 Å². The Morgan fingerprint density at radius 1 is 1.35 bits per heavy atom. The summed E-state index contributed by atoms with van der Waals surface area (Å²) in [6.45, 7) is 5.71. The Labute approximate surface area is 117 Å². The number of nitrogens with two attached hydrogens (primary N) is 1. The molecule has 0 bridgehead atoms. The van der Waals surface area contributed by atoms with Crippen molar-refractivity contribution < 1.29 is 13.3 Å². The molecule has 112 valence electrons. The fraction of sp³-hybridized carbons (Fsp3) is 0.455. The summed E-state index contributed by atoms with van der Waals surface area (Å²) in [7, 11) is -3.99. The number of benzene rings is 1. The lowest BCUT2D eigenvalue weighted by Gasteiger charge is -2.18. The number of nitro groups is 1. The highest BCUT2D eigenvalue weighted by Crippen LogP contribution is 2.31. The van der Waals surface area contributed by atoms with Crippen LogP contribution in [0, 0.1) is 15.5 Å². The Kier molecular flexibility index (Phi) is 4.69. The predicted molar refractivity (Wildman–Crippen MR) is 75.6 cm³/mol. The van der Waals surface area contributed by atoms with Crippen LogP contribution in [0.5, 0.6) is 0 Å². The molecule has 0 aliphatic heterocycles. The molecule has 0 saturated heterocycles. The molecule has 0 radical (unpaired) electrons. The van der Waals surface area contributed by atoms with Crippen molar-refractivity contribution >= 4 is 21.4 Å². The Bertz CT molecular complexity index is 607. The van der Waals surface area contributed by atoms with Gasteiger partial charge in [-0.2, -0.15) is 0 Å². The lowest BCUT2D eigenvalue weighted by molar-refractivity contribution is -0.386. The van der Waals surface area contributed by atoms with Crippen LogP contribution in [0.1, 0.15) is 20.8 Å². The zero-order chi connectivity index (χ0) is 15.6. The Balaban J connectivity index is 3.28. The van der Waals surface area contributed by atoms with Crippen LogP contribution in [0.15, 0.2) is 23.1 Å². The van der Waals surface area contributed by atoms with Crippen molar-refractivity contribution in [1.82, 2.24) is 4.72 Å². The normalized spacial score (nSPS) is 12.2. The van der Waals surface area contributed by atoms with Gasteiger partial charge in [-0.05, 0) is 17.5 Å². The molecule has 0 fully saturated rings. The molecular weight excluding hydrogens is 284 g/mol. The van der Waals surface area contributed by atoms with Gasteiger partial charge >= 0.3 is 5.69 Å². The van der Waals surface area contributed by atoms with Gasteiger partial charge in [-0.25, -0.2) is 13.1 Å². The summed E-state index contributed by atoms with van der Waals surface area (Å²) < 4.78 is 26.7. The summed E-state index contributed by atoms with van der Waals surface area (Å²) in [4.78, 5) is 9.88. The highest BCUT2D eigenvalue weighted by atomic mass is 32.2. The predicted octanol–water partition coefficient (Wildman–Crippen LogP) is 1.20. The molecule has 4 N–H and O–H groups in total. The lowest BCUT2D eigenvalue weighted by atomic mass is 9.98. The molecule has 1 rings (SSSR count). The monoisotopic (exact) mass is 302 g/mol. The third kappa shape index (κ3) is 3.89. The number of rotatable bonds is 5. The molecule has 0 atom stereocenters. The van der Waals surface area contributed by atoms with Crippen LogP contribution in [0.25, 0.3) is 0 Å². The lowest BCUT2D eigenvalue weighted by Crippen LogP contribution is -2.32. The van der Waals surface area contributed by atoms with Crippen LogP contribution in [0.3, 0.4) is 0 Å². The second kappa shape index (κ2) is 5.73. The molecule has 0 saturated carbocycles. The number of nitro benzene ring substituents is 1. The molecule has 0 heterocycles. The summed E-state index contributed by atoms with van der Waals surface area (Å²) in [6, 6.07) is 3.89. The second-order valence-electron chi connectivity index (χ2n) is 5.44. The van der Waals surface area contributed by atoms with Crippen molar-refractivity contribution in [2.45, 2.75) is 25.7 Å². The Hall–Kier alpha value is -1.71. The summed E-state index contributed by atoms with van der Waals surface area (Å²) >= 11 is 0. The van der Waals surface area contributed by atoms with E-state index < -0.39 is 25.5 Å². The first kappa shape index (κ1) is 16.3. The van der Waals surface area contributed by atoms with E-state index in [0.29, 0.717) is 0 Å². The van der Waals surface area contributed by atoms with Gasteiger partial charge in [-0.1, -0.05) is 26.8 Å². The van der Waals surface area contributed by atoms with Gasteiger partial charge in [0.1, 0.15) is 5.69 Å². The fourth-order valence-electron chi connectivity index (χ4n) is 1.43. The minimum Gasteiger partial charge on any atom is -0.318 e. The van der Waals surface area contributed by atoms with Crippen LogP contribution in [-0.4, -0.2) is 19.9 Å². The molecule has 9 heteroatoms. The van der Waals surface area contributed by atoms with Crippen molar-refractivity contribution in [1.29, 1.82) is 0 Å². The molecule has 0 amide bonds. The summed E-state index contributed by atoms with van der Waals surface area (Å²) in [5.74, 6) is 5.17. The van der Waals surface area contributed by atoms with E-state index in [1.54, 1.807) is 0 Å². The molecule has 20 heavy (non-hydrogen) atoms. The average Bonchev–Trinajstić information content (AvgIpc) is 2.34. The number of hydrazine groups is 1. The largest absolute Gasteiger partial charge is 0.318 e. The van der Waals surface area contributed by atoms with Crippen LogP contribution in [0.4, 0.5) is 11.4 Å². The SMILES string of the molecule is CC(C)(C)CNS(=O)(=O)c1cccc(NN)c1[N+](=O)[O-]. The average molecular weight is 302 g/mol. The van der Waals surface area contributed by atoms with Gasteiger partial charge in [0, 0.05) is 6.54 Å². The molecule has 0 aromatic heterocycles. The van der Waals surface area contributed by atoms with E-state index in [4.69, 9.17) is 5.84 Å². The maximum absolute atomic E-state index is 12.2. The number of nitrogens with one attached hydrogen (secondary N) is 2. The van der Waals surface area contributed by atoms with Crippen LogP contribution in [-0.2, 0) is 10.0 Å². The molecule has 0 aliphatic rings.